The normalized spacial score (nSPS) is 12.0. The van der Waals surface area contributed by atoms with Crippen LogP contribution in [0.2, 0.25) is 0 Å². The predicted molar refractivity (Wildman–Crippen MR) is 87.1 cm³/mol. The fourth-order valence-corrected chi connectivity index (χ4v) is 3.27. The van der Waals surface area contributed by atoms with Gasteiger partial charge in [-0.2, -0.15) is 0 Å². The molecular formula is C15H17FN4O2S. The van der Waals surface area contributed by atoms with Crippen molar-refractivity contribution >= 4 is 34.5 Å². The number of pyridine rings is 1. The lowest BCUT2D eigenvalue weighted by atomic mass is 10.2. The van der Waals surface area contributed by atoms with Crippen molar-refractivity contribution in [3.63, 3.8) is 0 Å². The monoisotopic (exact) mass is 336 g/mol. The van der Waals surface area contributed by atoms with Crippen LogP contribution in [0, 0.1) is 12.7 Å². The van der Waals surface area contributed by atoms with Crippen molar-refractivity contribution in [1.29, 1.82) is 0 Å². The molecule has 0 fully saturated rings. The Morgan fingerprint density at radius 2 is 2.13 bits per heavy atom. The Balaban J connectivity index is 2.27. The lowest BCUT2D eigenvalue weighted by Crippen LogP contribution is -2.49. The van der Waals surface area contributed by atoms with Gasteiger partial charge in [-0.05, 0) is 31.2 Å². The summed E-state index contributed by atoms with van der Waals surface area (Å²) in [5, 5.41) is 3.20. The highest BCUT2D eigenvalue weighted by atomic mass is 32.2. The van der Waals surface area contributed by atoms with E-state index < -0.39 is 11.9 Å². The van der Waals surface area contributed by atoms with Crippen LogP contribution >= 0.6 is 11.8 Å². The molecule has 0 saturated heterocycles. The summed E-state index contributed by atoms with van der Waals surface area (Å²) in [6.45, 7) is 3.16. The number of nitrogens with two attached hydrogens (primary N) is 1. The van der Waals surface area contributed by atoms with Crippen LogP contribution in [0.1, 0.15) is 12.6 Å². The molecule has 2 aromatic rings. The second-order valence-corrected chi connectivity index (χ2v) is 6.06. The summed E-state index contributed by atoms with van der Waals surface area (Å²) < 4.78 is 13.5. The predicted octanol–water partition coefficient (Wildman–Crippen LogP) is 1.27. The fourth-order valence-electron chi connectivity index (χ4n) is 2.11. The molecule has 1 aromatic carbocycles. The second kappa shape index (κ2) is 7.38. The van der Waals surface area contributed by atoms with E-state index in [4.69, 9.17) is 5.84 Å². The lowest BCUT2D eigenvalue weighted by Gasteiger charge is -2.16. The summed E-state index contributed by atoms with van der Waals surface area (Å²) in [5.41, 5.74) is 3.48. The van der Waals surface area contributed by atoms with Crippen LogP contribution in [0.25, 0.3) is 10.9 Å². The van der Waals surface area contributed by atoms with E-state index in [1.165, 1.54) is 30.8 Å². The van der Waals surface area contributed by atoms with Crippen molar-refractivity contribution in [3.05, 3.63) is 35.8 Å². The van der Waals surface area contributed by atoms with E-state index in [0.29, 0.717) is 10.9 Å². The van der Waals surface area contributed by atoms with E-state index in [2.05, 4.69) is 10.3 Å². The van der Waals surface area contributed by atoms with Crippen LogP contribution in [0.5, 0.6) is 0 Å². The van der Waals surface area contributed by atoms with Gasteiger partial charge in [0.1, 0.15) is 11.9 Å². The molecule has 0 unspecified atom stereocenters. The van der Waals surface area contributed by atoms with Crippen molar-refractivity contribution in [2.75, 3.05) is 5.75 Å². The minimum Gasteiger partial charge on any atom is -0.344 e. The van der Waals surface area contributed by atoms with Gasteiger partial charge in [-0.3, -0.25) is 20.0 Å². The number of aryl methyl sites for hydroxylation is 1. The maximum atomic E-state index is 13.5. The van der Waals surface area contributed by atoms with Crippen LogP contribution in [0.15, 0.2) is 29.2 Å². The number of thioether (sulfide) groups is 1. The first-order chi connectivity index (χ1) is 10.9. The average Bonchev–Trinajstić information content (AvgIpc) is 2.50. The van der Waals surface area contributed by atoms with E-state index >= 15 is 0 Å². The number of nitrogens with zero attached hydrogens (tertiary/aromatic N) is 1. The molecular weight excluding hydrogens is 319 g/mol. The molecule has 2 rings (SSSR count). The zero-order valence-electron chi connectivity index (χ0n) is 12.7. The van der Waals surface area contributed by atoms with Crippen molar-refractivity contribution in [2.24, 2.45) is 5.84 Å². The quantitative estimate of drug-likeness (QED) is 0.331. The molecule has 23 heavy (non-hydrogen) atoms. The number of nitrogens with one attached hydrogen (secondary N) is 2. The van der Waals surface area contributed by atoms with E-state index in [1.54, 1.807) is 6.07 Å². The summed E-state index contributed by atoms with van der Waals surface area (Å²) in [4.78, 5) is 28.1. The number of rotatable bonds is 5. The molecule has 6 nitrogen and oxygen atoms in total. The number of benzene rings is 1. The molecule has 2 amide bonds. The number of aromatic nitrogens is 1. The van der Waals surface area contributed by atoms with E-state index in [9.17, 15) is 14.0 Å². The molecule has 1 aromatic heterocycles. The largest absolute Gasteiger partial charge is 0.344 e. The van der Waals surface area contributed by atoms with Gasteiger partial charge < -0.3 is 5.32 Å². The number of halogens is 1. The summed E-state index contributed by atoms with van der Waals surface area (Å²) in [5.74, 6) is 4.21. The lowest BCUT2D eigenvalue weighted by molar-refractivity contribution is -0.127. The van der Waals surface area contributed by atoms with Gasteiger partial charge >= 0.3 is 0 Å². The smallest absolute Gasteiger partial charge is 0.257 e. The van der Waals surface area contributed by atoms with Gasteiger partial charge in [0, 0.05) is 28.7 Å². The highest BCUT2D eigenvalue weighted by molar-refractivity contribution is 7.99. The third-order valence-corrected chi connectivity index (χ3v) is 4.25. The summed E-state index contributed by atoms with van der Waals surface area (Å²) in [6, 6.07) is 5.41. The van der Waals surface area contributed by atoms with E-state index in [1.807, 2.05) is 18.4 Å². The van der Waals surface area contributed by atoms with Crippen LogP contribution < -0.4 is 16.6 Å². The van der Waals surface area contributed by atoms with Gasteiger partial charge in [-0.15, -0.1) is 11.8 Å². The number of hydrogen-bond donors (Lipinski definition) is 3. The fraction of sp³-hybridized carbons (Fsp3) is 0.267. The molecule has 122 valence electrons. The molecule has 0 bridgehead atoms. The number of hydrogen-bond acceptors (Lipinski definition) is 5. The SMILES string of the molecule is CC(=O)N[C@H](CSc1cc(C)nc2ccc(F)cc12)C(=O)NN. The number of carbonyl (C=O) groups excluding carboxylic acids is 2. The topological polar surface area (TPSA) is 97.1 Å². The summed E-state index contributed by atoms with van der Waals surface area (Å²) >= 11 is 1.33. The number of carbonyl (C=O) groups is 2. The first kappa shape index (κ1) is 17.2. The third kappa shape index (κ3) is 4.40. The Morgan fingerprint density at radius 1 is 1.39 bits per heavy atom. The highest BCUT2D eigenvalue weighted by Crippen LogP contribution is 2.29. The van der Waals surface area contributed by atoms with Crippen molar-refractivity contribution in [3.8, 4) is 0 Å². The van der Waals surface area contributed by atoms with Crippen LogP contribution in [-0.2, 0) is 9.59 Å². The van der Waals surface area contributed by atoms with Crippen molar-refractivity contribution in [2.45, 2.75) is 24.8 Å². The Morgan fingerprint density at radius 3 is 2.78 bits per heavy atom. The van der Waals surface area contributed by atoms with Gasteiger partial charge in [-0.25, -0.2) is 10.2 Å². The van der Waals surface area contributed by atoms with Crippen LogP contribution in [0.3, 0.4) is 0 Å². The highest BCUT2D eigenvalue weighted by Gasteiger charge is 2.19. The number of amides is 2. The molecule has 0 aliphatic heterocycles. The second-order valence-electron chi connectivity index (χ2n) is 5.00. The summed E-state index contributed by atoms with van der Waals surface area (Å²) in [6.07, 6.45) is 0. The van der Waals surface area contributed by atoms with Crippen LogP contribution in [0.4, 0.5) is 4.39 Å². The zero-order valence-corrected chi connectivity index (χ0v) is 13.5. The molecule has 1 atom stereocenters. The van der Waals surface area contributed by atoms with Gasteiger partial charge in [0.25, 0.3) is 5.91 Å². The van der Waals surface area contributed by atoms with Gasteiger partial charge in [0.2, 0.25) is 5.91 Å². The Labute approximate surface area is 137 Å². The Hall–Kier alpha value is -2.19. The molecule has 8 heteroatoms. The number of hydrazine groups is 1. The molecule has 4 N–H and O–H groups in total. The van der Waals surface area contributed by atoms with E-state index in [-0.39, 0.29) is 17.5 Å². The average molecular weight is 336 g/mol. The van der Waals surface area contributed by atoms with Crippen LogP contribution in [-0.4, -0.2) is 28.6 Å². The summed E-state index contributed by atoms with van der Waals surface area (Å²) in [7, 11) is 0. The molecule has 0 saturated carbocycles. The van der Waals surface area contributed by atoms with Gasteiger partial charge in [0.05, 0.1) is 5.52 Å². The van der Waals surface area contributed by atoms with Gasteiger partial charge in [0.15, 0.2) is 0 Å². The molecule has 0 spiro atoms. The minimum atomic E-state index is -0.778. The Kier molecular flexibility index (Phi) is 5.51. The Bertz CT molecular complexity index is 754. The minimum absolute atomic E-state index is 0.262. The van der Waals surface area contributed by atoms with E-state index in [0.717, 1.165) is 10.6 Å². The first-order valence-electron chi connectivity index (χ1n) is 6.88. The standard InChI is InChI=1S/C15H17FN4O2S/c1-8-5-14(11-6-10(16)3-4-12(11)18-8)23-7-13(15(22)20-17)19-9(2)21/h3-6,13H,7,17H2,1-2H3,(H,19,21)(H,20,22)/t13-/m1/s1. The maximum Gasteiger partial charge on any atom is 0.257 e. The first-order valence-corrected chi connectivity index (χ1v) is 7.86. The van der Waals surface area contributed by atoms with Gasteiger partial charge in [-0.1, -0.05) is 0 Å². The molecule has 0 radical (unpaired) electrons. The third-order valence-electron chi connectivity index (χ3n) is 3.10. The van der Waals surface area contributed by atoms with Crippen molar-refractivity contribution in [1.82, 2.24) is 15.7 Å². The molecule has 1 heterocycles. The molecule has 0 aliphatic carbocycles. The van der Waals surface area contributed by atoms with Crippen molar-refractivity contribution < 1.29 is 14.0 Å². The molecule has 0 aliphatic rings. The maximum absolute atomic E-state index is 13.5. The zero-order chi connectivity index (χ0) is 17.0. The number of fused-ring (bicyclic) bond motifs is 1.